The van der Waals surface area contributed by atoms with Crippen molar-refractivity contribution >= 4 is 21.7 Å². The van der Waals surface area contributed by atoms with Crippen molar-refractivity contribution in [3.63, 3.8) is 0 Å². The molecule has 1 aromatic heterocycles. The predicted octanol–water partition coefficient (Wildman–Crippen LogP) is 10.7. The van der Waals surface area contributed by atoms with Crippen molar-refractivity contribution in [2.75, 3.05) is 0 Å². The second kappa shape index (κ2) is 9.94. The maximum absolute atomic E-state index is 2.57. The van der Waals surface area contributed by atoms with Crippen LogP contribution in [0.3, 0.4) is 0 Å². The molecule has 0 saturated carbocycles. The van der Waals surface area contributed by atoms with Gasteiger partial charge >= 0.3 is 0 Å². The van der Waals surface area contributed by atoms with Gasteiger partial charge < -0.3 is 4.57 Å². The normalized spacial score (nSPS) is 13.0. The van der Waals surface area contributed by atoms with Gasteiger partial charge in [-0.2, -0.15) is 0 Å². The monoisotopic (exact) mass is 525 g/mol. The van der Waals surface area contributed by atoms with Crippen molar-refractivity contribution in [2.45, 2.75) is 25.7 Å². The van der Waals surface area contributed by atoms with Crippen molar-refractivity contribution in [1.29, 1.82) is 0 Å². The van der Waals surface area contributed by atoms with Crippen LogP contribution < -0.4 is 0 Å². The van der Waals surface area contributed by atoms with Gasteiger partial charge in [-0.25, -0.2) is 0 Å². The smallest absolute Gasteiger partial charge is 0.0534 e. The summed E-state index contributed by atoms with van der Waals surface area (Å²) in [5.41, 5.74) is 13.1. The highest BCUT2D eigenvalue weighted by atomic mass is 15.0. The van der Waals surface area contributed by atoms with Gasteiger partial charge in [-0.15, -0.1) is 0 Å². The molecule has 6 aromatic carbocycles. The van der Waals surface area contributed by atoms with Crippen molar-refractivity contribution < 1.29 is 0 Å². The minimum atomic E-state index is 1.12. The number of hydrogen-bond donors (Lipinski definition) is 0. The molecule has 8 rings (SSSR count). The van der Waals surface area contributed by atoms with Crippen LogP contribution in [0.4, 0.5) is 0 Å². The fourth-order valence-corrected chi connectivity index (χ4v) is 6.72. The SMILES string of the molecule is c1ccc(-c2cc(-c3ccc4ccccc4c3)cc(-n3c4c(c5cc(-c6ccccc6)ccc53)CCCC4)c2)cc1. The number of rotatable bonds is 4. The van der Waals surface area contributed by atoms with E-state index >= 15 is 0 Å². The lowest BCUT2D eigenvalue weighted by Crippen LogP contribution is -2.07. The van der Waals surface area contributed by atoms with Gasteiger partial charge in [-0.05, 0) is 112 Å². The summed E-state index contributed by atoms with van der Waals surface area (Å²) in [5.74, 6) is 0. The highest BCUT2D eigenvalue weighted by molar-refractivity contribution is 5.93. The molecular weight excluding hydrogens is 494 g/mol. The van der Waals surface area contributed by atoms with Crippen LogP contribution in [0.15, 0.2) is 140 Å². The Bertz CT molecular complexity index is 2030. The zero-order valence-electron chi connectivity index (χ0n) is 23.1. The third-order valence-corrected chi connectivity index (χ3v) is 8.74. The Kier molecular flexibility index (Phi) is 5.81. The van der Waals surface area contributed by atoms with Crippen LogP contribution >= 0.6 is 0 Å². The lowest BCUT2D eigenvalue weighted by molar-refractivity contribution is 0.667. The van der Waals surface area contributed by atoms with E-state index in [0.717, 1.165) is 12.8 Å². The molecule has 1 heteroatoms. The molecule has 7 aromatic rings. The summed E-state index contributed by atoms with van der Waals surface area (Å²) in [4.78, 5) is 0. The van der Waals surface area contributed by atoms with E-state index < -0.39 is 0 Å². The van der Waals surface area contributed by atoms with Gasteiger partial charge in [-0.1, -0.05) is 103 Å². The van der Waals surface area contributed by atoms with E-state index in [0.29, 0.717) is 0 Å². The molecule has 1 nitrogen and oxygen atoms in total. The predicted molar refractivity (Wildman–Crippen MR) is 174 cm³/mol. The van der Waals surface area contributed by atoms with Gasteiger partial charge in [0.25, 0.3) is 0 Å². The van der Waals surface area contributed by atoms with Gasteiger partial charge in [0, 0.05) is 16.8 Å². The van der Waals surface area contributed by atoms with E-state index in [1.54, 1.807) is 0 Å². The summed E-state index contributed by atoms with van der Waals surface area (Å²) in [6.45, 7) is 0. The zero-order valence-corrected chi connectivity index (χ0v) is 23.1. The first kappa shape index (κ1) is 24.0. The maximum Gasteiger partial charge on any atom is 0.0534 e. The molecule has 196 valence electrons. The number of aromatic nitrogens is 1. The molecule has 0 saturated heterocycles. The lowest BCUT2D eigenvalue weighted by Gasteiger charge is -2.18. The fraction of sp³-hybridized carbons (Fsp3) is 0.100. The average Bonchev–Trinajstić information content (AvgIpc) is 3.39. The van der Waals surface area contributed by atoms with Crippen LogP contribution in [0, 0.1) is 0 Å². The highest BCUT2D eigenvalue weighted by Crippen LogP contribution is 2.39. The first-order valence-electron chi connectivity index (χ1n) is 14.7. The second-order valence-electron chi connectivity index (χ2n) is 11.3. The van der Waals surface area contributed by atoms with Crippen LogP contribution in [-0.4, -0.2) is 4.57 Å². The van der Waals surface area contributed by atoms with E-state index in [4.69, 9.17) is 0 Å². The lowest BCUT2D eigenvalue weighted by atomic mass is 9.94. The molecule has 0 unspecified atom stereocenters. The van der Waals surface area contributed by atoms with Crippen LogP contribution in [0.25, 0.3) is 60.7 Å². The summed E-state index contributed by atoms with van der Waals surface area (Å²) < 4.78 is 2.57. The minimum absolute atomic E-state index is 1.12. The number of aryl methyl sites for hydroxylation is 1. The summed E-state index contributed by atoms with van der Waals surface area (Å²) >= 11 is 0. The van der Waals surface area contributed by atoms with Crippen molar-refractivity contribution in [3.05, 3.63) is 151 Å². The molecule has 0 amide bonds. The summed E-state index contributed by atoms with van der Waals surface area (Å²) in [6.07, 6.45) is 4.76. The van der Waals surface area contributed by atoms with Crippen molar-refractivity contribution in [2.24, 2.45) is 0 Å². The number of hydrogen-bond acceptors (Lipinski definition) is 0. The van der Waals surface area contributed by atoms with Gasteiger partial charge in [0.05, 0.1) is 5.52 Å². The second-order valence-corrected chi connectivity index (χ2v) is 11.3. The molecule has 0 bridgehead atoms. The molecule has 0 aliphatic heterocycles. The average molecular weight is 526 g/mol. The Morgan fingerprint density at radius 2 is 1.02 bits per heavy atom. The molecule has 0 atom stereocenters. The van der Waals surface area contributed by atoms with Crippen LogP contribution in [0.5, 0.6) is 0 Å². The third-order valence-electron chi connectivity index (χ3n) is 8.74. The summed E-state index contributed by atoms with van der Waals surface area (Å²) in [6, 6.07) is 51.3. The van der Waals surface area contributed by atoms with E-state index in [2.05, 4.69) is 144 Å². The van der Waals surface area contributed by atoms with E-state index in [-0.39, 0.29) is 0 Å². The van der Waals surface area contributed by atoms with Gasteiger partial charge in [0.1, 0.15) is 0 Å². The Morgan fingerprint density at radius 3 is 1.80 bits per heavy atom. The van der Waals surface area contributed by atoms with Gasteiger partial charge in [0.15, 0.2) is 0 Å². The summed E-state index contributed by atoms with van der Waals surface area (Å²) in [7, 11) is 0. The fourth-order valence-electron chi connectivity index (χ4n) is 6.72. The highest BCUT2D eigenvalue weighted by Gasteiger charge is 2.22. The molecule has 0 radical (unpaired) electrons. The van der Waals surface area contributed by atoms with E-state index in [1.807, 2.05) is 0 Å². The third kappa shape index (κ3) is 4.26. The van der Waals surface area contributed by atoms with Crippen LogP contribution in [-0.2, 0) is 12.8 Å². The Morgan fingerprint density at radius 1 is 0.415 bits per heavy atom. The Balaban J connectivity index is 1.37. The molecular formula is C40H31N. The zero-order chi connectivity index (χ0) is 27.2. The van der Waals surface area contributed by atoms with Crippen molar-refractivity contribution in [1.82, 2.24) is 4.57 Å². The molecule has 1 aliphatic rings. The molecule has 1 aliphatic carbocycles. The van der Waals surface area contributed by atoms with E-state index in [1.165, 1.54) is 84.8 Å². The van der Waals surface area contributed by atoms with Gasteiger partial charge in [-0.3, -0.25) is 0 Å². The number of fused-ring (bicyclic) bond motifs is 4. The molecule has 41 heavy (non-hydrogen) atoms. The van der Waals surface area contributed by atoms with E-state index in [9.17, 15) is 0 Å². The van der Waals surface area contributed by atoms with Gasteiger partial charge in [0.2, 0.25) is 0 Å². The molecule has 1 heterocycles. The first-order valence-corrected chi connectivity index (χ1v) is 14.7. The Labute approximate surface area is 241 Å². The molecule has 0 N–H and O–H groups in total. The quantitative estimate of drug-likeness (QED) is 0.215. The van der Waals surface area contributed by atoms with Crippen LogP contribution in [0.2, 0.25) is 0 Å². The minimum Gasteiger partial charge on any atom is -0.313 e. The topological polar surface area (TPSA) is 4.93 Å². The largest absolute Gasteiger partial charge is 0.313 e. The molecule has 0 fully saturated rings. The van der Waals surface area contributed by atoms with Crippen molar-refractivity contribution in [3.8, 4) is 39.1 Å². The maximum atomic E-state index is 2.57. The summed E-state index contributed by atoms with van der Waals surface area (Å²) in [5, 5.41) is 3.95. The Hall–Kier alpha value is -4.88. The first-order chi connectivity index (χ1) is 20.3. The number of benzene rings is 6. The standard InChI is InChI=1S/C40H31N/c1-3-11-28(12-4-1)33-21-22-40-38(27-33)37-17-9-10-18-39(37)41(40)36-25-34(29-13-5-2-6-14-29)24-35(26-36)32-20-19-30-15-7-8-16-31(30)23-32/h1-8,11-16,19-27H,9-10,17-18H2. The molecule has 0 spiro atoms. The van der Waals surface area contributed by atoms with Crippen LogP contribution in [0.1, 0.15) is 24.1 Å². The number of nitrogens with zero attached hydrogens (tertiary/aromatic N) is 1.